The summed E-state index contributed by atoms with van der Waals surface area (Å²) < 4.78 is 0. The Hall–Kier alpha value is -1.04. The summed E-state index contributed by atoms with van der Waals surface area (Å²) in [6, 6.07) is -1.11. The van der Waals surface area contributed by atoms with Crippen molar-refractivity contribution < 1.29 is 19.5 Å². The van der Waals surface area contributed by atoms with Crippen molar-refractivity contribution in [2.75, 3.05) is 5.75 Å². The molecule has 1 atom stereocenters. The Morgan fingerprint density at radius 2 is 1.92 bits per heavy atom. The van der Waals surface area contributed by atoms with E-state index in [1.807, 2.05) is 0 Å². The SMILES string of the molecule is CC(=O)N[C@@H](CSC(C)=O)C(=O)[O-]. The van der Waals surface area contributed by atoms with E-state index in [9.17, 15) is 19.5 Å². The highest BCUT2D eigenvalue weighted by Crippen LogP contribution is 2.03. The number of rotatable bonds is 4. The van der Waals surface area contributed by atoms with E-state index in [0.717, 1.165) is 11.8 Å². The summed E-state index contributed by atoms with van der Waals surface area (Å²) in [4.78, 5) is 31.4. The molecule has 0 spiro atoms. The van der Waals surface area contributed by atoms with Gasteiger partial charge in [0.05, 0.1) is 12.0 Å². The highest BCUT2D eigenvalue weighted by molar-refractivity contribution is 8.13. The van der Waals surface area contributed by atoms with Gasteiger partial charge in [-0.2, -0.15) is 0 Å². The topological polar surface area (TPSA) is 86.3 Å². The number of carbonyl (C=O) groups is 3. The normalized spacial score (nSPS) is 11.8. The average Bonchev–Trinajstić information content (AvgIpc) is 1.96. The predicted molar refractivity (Wildman–Crippen MR) is 45.8 cm³/mol. The van der Waals surface area contributed by atoms with Crippen molar-refractivity contribution >= 4 is 28.8 Å². The molecule has 0 saturated heterocycles. The summed E-state index contributed by atoms with van der Waals surface area (Å²) in [5.41, 5.74) is 0. The minimum Gasteiger partial charge on any atom is -0.548 e. The largest absolute Gasteiger partial charge is 0.548 e. The standard InChI is InChI=1S/C7H11NO4S/c1-4(9)8-6(7(11)12)3-13-5(2)10/h6H,3H2,1-2H3,(H,8,9)(H,11,12)/p-1/t6-/m0/s1. The van der Waals surface area contributed by atoms with Crippen LogP contribution in [-0.4, -0.2) is 28.8 Å². The van der Waals surface area contributed by atoms with Gasteiger partial charge in [0.2, 0.25) is 5.91 Å². The van der Waals surface area contributed by atoms with Crippen LogP contribution in [0.4, 0.5) is 0 Å². The number of carbonyl (C=O) groups excluding carboxylic acids is 3. The summed E-state index contributed by atoms with van der Waals surface area (Å²) in [5, 5.41) is 12.4. The van der Waals surface area contributed by atoms with Gasteiger partial charge in [0, 0.05) is 19.6 Å². The van der Waals surface area contributed by atoms with Gasteiger partial charge in [0.15, 0.2) is 5.12 Å². The molecular weight excluding hydrogens is 194 g/mol. The Morgan fingerprint density at radius 3 is 2.23 bits per heavy atom. The molecule has 5 nitrogen and oxygen atoms in total. The maximum Gasteiger partial charge on any atom is 0.217 e. The van der Waals surface area contributed by atoms with Gasteiger partial charge in [-0.25, -0.2) is 0 Å². The Labute approximate surface area is 79.9 Å². The minimum absolute atomic E-state index is 0.00273. The number of nitrogens with one attached hydrogen (secondary N) is 1. The molecule has 0 aliphatic heterocycles. The van der Waals surface area contributed by atoms with E-state index in [1.165, 1.54) is 13.8 Å². The molecule has 0 rings (SSSR count). The molecule has 0 unspecified atom stereocenters. The van der Waals surface area contributed by atoms with Crippen molar-refractivity contribution in [3.63, 3.8) is 0 Å². The van der Waals surface area contributed by atoms with Gasteiger partial charge in [-0.15, -0.1) is 0 Å². The summed E-state index contributed by atoms with van der Waals surface area (Å²) in [5.74, 6) is -1.85. The van der Waals surface area contributed by atoms with Crippen molar-refractivity contribution in [1.82, 2.24) is 5.32 Å². The second-order valence-electron chi connectivity index (χ2n) is 2.37. The van der Waals surface area contributed by atoms with Crippen LogP contribution < -0.4 is 10.4 Å². The van der Waals surface area contributed by atoms with Crippen molar-refractivity contribution in [1.29, 1.82) is 0 Å². The first-order valence-electron chi connectivity index (χ1n) is 3.54. The first kappa shape index (κ1) is 12.0. The zero-order chi connectivity index (χ0) is 10.4. The van der Waals surface area contributed by atoms with E-state index < -0.39 is 17.9 Å². The van der Waals surface area contributed by atoms with E-state index in [-0.39, 0.29) is 10.9 Å². The van der Waals surface area contributed by atoms with Crippen LogP contribution in [-0.2, 0) is 14.4 Å². The summed E-state index contributed by atoms with van der Waals surface area (Å²) >= 11 is 0.835. The molecule has 1 N–H and O–H groups in total. The lowest BCUT2D eigenvalue weighted by atomic mass is 10.3. The van der Waals surface area contributed by atoms with E-state index in [4.69, 9.17) is 0 Å². The summed E-state index contributed by atoms with van der Waals surface area (Å²) in [6.07, 6.45) is 0. The molecule has 0 aromatic rings. The van der Waals surface area contributed by atoms with Gasteiger partial charge >= 0.3 is 0 Å². The zero-order valence-corrected chi connectivity index (χ0v) is 8.14. The second kappa shape index (κ2) is 5.58. The average molecular weight is 204 g/mol. The van der Waals surface area contributed by atoms with Gasteiger partial charge in [-0.3, -0.25) is 9.59 Å². The lowest BCUT2D eigenvalue weighted by molar-refractivity contribution is -0.307. The minimum atomic E-state index is -1.39. The van der Waals surface area contributed by atoms with E-state index in [0.29, 0.717) is 0 Å². The fourth-order valence-electron chi connectivity index (χ4n) is 0.615. The molecule has 0 aromatic heterocycles. The van der Waals surface area contributed by atoms with Crippen LogP contribution in [0.15, 0.2) is 0 Å². The fraction of sp³-hybridized carbons (Fsp3) is 0.571. The van der Waals surface area contributed by atoms with Crippen LogP contribution in [0.3, 0.4) is 0 Å². The van der Waals surface area contributed by atoms with Crippen LogP contribution >= 0.6 is 11.8 Å². The van der Waals surface area contributed by atoms with Crippen molar-refractivity contribution in [3.8, 4) is 0 Å². The molecule has 0 aliphatic carbocycles. The number of carboxylic acids is 1. The molecule has 0 aromatic carbocycles. The lowest BCUT2D eigenvalue weighted by Crippen LogP contribution is -2.48. The molecule has 0 heterocycles. The molecule has 0 aliphatic rings. The van der Waals surface area contributed by atoms with Crippen LogP contribution in [0, 0.1) is 0 Å². The molecule has 13 heavy (non-hydrogen) atoms. The third kappa shape index (κ3) is 6.15. The van der Waals surface area contributed by atoms with Gasteiger partial charge in [-0.1, -0.05) is 11.8 Å². The first-order valence-corrected chi connectivity index (χ1v) is 4.53. The van der Waals surface area contributed by atoms with E-state index in [1.54, 1.807) is 0 Å². The number of hydrogen-bond donors (Lipinski definition) is 1. The number of amides is 1. The zero-order valence-electron chi connectivity index (χ0n) is 7.33. The van der Waals surface area contributed by atoms with Gasteiger partial charge in [-0.05, 0) is 0 Å². The molecule has 0 saturated carbocycles. The maximum absolute atomic E-state index is 10.5. The summed E-state index contributed by atoms with van der Waals surface area (Å²) in [6.45, 7) is 2.53. The Morgan fingerprint density at radius 1 is 1.38 bits per heavy atom. The van der Waals surface area contributed by atoms with Crippen LogP contribution in [0.1, 0.15) is 13.8 Å². The lowest BCUT2D eigenvalue weighted by Gasteiger charge is -2.17. The molecule has 74 valence electrons. The Bertz CT molecular complexity index is 229. The number of aliphatic carboxylic acids is 1. The Kier molecular flexibility index (Phi) is 5.13. The number of carboxylic acid groups (broad SMARTS) is 1. The van der Waals surface area contributed by atoms with Crippen molar-refractivity contribution in [3.05, 3.63) is 0 Å². The summed E-state index contributed by atoms with van der Waals surface area (Å²) in [7, 11) is 0. The predicted octanol–water partition coefficient (Wildman–Crippen LogP) is -1.48. The highest BCUT2D eigenvalue weighted by atomic mass is 32.2. The molecule has 1 amide bonds. The molecule has 0 radical (unpaired) electrons. The third-order valence-electron chi connectivity index (χ3n) is 1.12. The fourth-order valence-corrected chi connectivity index (χ4v) is 1.24. The second-order valence-corrected chi connectivity index (χ2v) is 3.57. The van der Waals surface area contributed by atoms with Crippen LogP contribution in [0.5, 0.6) is 0 Å². The van der Waals surface area contributed by atoms with Crippen molar-refractivity contribution in [2.24, 2.45) is 0 Å². The van der Waals surface area contributed by atoms with Crippen molar-refractivity contribution in [2.45, 2.75) is 19.9 Å². The quantitative estimate of drug-likeness (QED) is 0.603. The van der Waals surface area contributed by atoms with Crippen LogP contribution in [0.25, 0.3) is 0 Å². The van der Waals surface area contributed by atoms with Gasteiger partial charge in [0.1, 0.15) is 0 Å². The maximum atomic E-state index is 10.5. The number of thioether (sulfide) groups is 1. The monoisotopic (exact) mass is 204 g/mol. The Balaban J connectivity index is 4.02. The molecule has 6 heteroatoms. The van der Waals surface area contributed by atoms with Gasteiger partial charge in [0.25, 0.3) is 0 Å². The van der Waals surface area contributed by atoms with E-state index >= 15 is 0 Å². The highest BCUT2D eigenvalue weighted by Gasteiger charge is 2.11. The molecule has 0 bridgehead atoms. The number of hydrogen-bond acceptors (Lipinski definition) is 5. The van der Waals surface area contributed by atoms with Crippen LogP contribution in [0.2, 0.25) is 0 Å². The molecular formula is C7H10NO4S-. The molecule has 0 fully saturated rings. The van der Waals surface area contributed by atoms with E-state index in [2.05, 4.69) is 5.32 Å². The third-order valence-corrected chi connectivity index (χ3v) is 2.02. The van der Waals surface area contributed by atoms with Gasteiger partial charge < -0.3 is 15.2 Å². The smallest absolute Gasteiger partial charge is 0.217 e. The first-order chi connectivity index (χ1) is 5.93.